The van der Waals surface area contributed by atoms with E-state index in [1.54, 1.807) is 74.6 Å². The molecule has 50 heavy (non-hydrogen) atoms. The van der Waals surface area contributed by atoms with E-state index in [4.69, 9.17) is 28.4 Å². The van der Waals surface area contributed by atoms with Crippen molar-refractivity contribution in [2.45, 2.75) is 118 Å². The molecule has 1 aromatic heterocycles. The van der Waals surface area contributed by atoms with Crippen molar-refractivity contribution >= 4 is 18.0 Å². The van der Waals surface area contributed by atoms with Crippen LogP contribution in [0.25, 0.3) is 0 Å². The van der Waals surface area contributed by atoms with Crippen LogP contribution in [0.15, 0.2) is 36.5 Å². The first-order valence-electron chi connectivity index (χ1n) is 17.2. The molecule has 2 aromatic rings. The lowest BCUT2D eigenvalue weighted by molar-refractivity contribution is -0.616. The molecule has 2 heterocycles. The van der Waals surface area contributed by atoms with Crippen LogP contribution < -0.4 is 24.3 Å². The average Bonchev–Trinajstić information content (AvgIpc) is 3.36. The van der Waals surface area contributed by atoms with Crippen LogP contribution in [0.1, 0.15) is 93.3 Å². The van der Waals surface area contributed by atoms with Crippen molar-refractivity contribution in [3.63, 3.8) is 0 Å². The van der Waals surface area contributed by atoms with Crippen LogP contribution in [0, 0.1) is 28.4 Å². The van der Waals surface area contributed by atoms with E-state index >= 15 is 0 Å². The first kappa shape index (κ1) is 40.2. The summed E-state index contributed by atoms with van der Waals surface area (Å²) in [5, 5.41) is 15.3. The summed E-state index contributed by atoms with van der Waals surface area (Å²) in [6.45, 7) is 18.3. The van der Waals surface area contributed by atoms with Crippen molar-refractivity contribution in [3.8, 4) is 17.2 Å². The third-order valence-corrected chi connectivity index (χ3v) is 8.85. The highest BCUT2D eigenvalue weighted by Crippen LogP contribution is 2.45. The monoisotopic (exact) mass is 700 g/mol. The number of benzene rings is 1. The molecule has 3 rings (SSSR count). The third kappa shape index (κ3) is 10.4. The fraction of sp³-hybridized carbons (Fsp3) is 0.632. The number of aromatic nitrogens is 1. The van der Waals surface area contributed by atoms with Crippen LogP contribution in [0.4, 0.5) is 4.79 Å². The first-order chi connectivity index (χ1) is 23.2. The van der Waals surface area contributed by atoms with Gasteiger partial charge in [0.1, 0.15) is 23.1 Å². The minimum atomic E-state index is -1.52. The zero-order valence-electron chi connectivity index (χ0n) is 31.7. The highest BCUT2D eigenvalue weighted by molar-refractivity contribution is 6.02. The molecule has 1 aliphatic rings. The van der Waals surface area contributed by atoms with E-state index in [9.17, 15) is 19.6 Å². The predicted molar refractivity (Wildman–Crippen MR) is 187 cm³/mol. The number of amides is 1. The van der Waals surface area contributed by atoms with Crippen molar-refractivity contribution in [2.24, 2.45) is 23.2 Å². The van der Waals surface area contributed by atoms with E-state index in [0.717, 1.165) is 10.3 Å². The number of rotatable bonds is 14. The van der Waals surface area contributed by atoms with Crippen LogP contribution in [-0.2, 0) is 36.8 Å². The maximum atomic E-state index is 13.6. The number of hydrogen-bond acceptors (Lipinski definition) is 10. The van der Waals surface area contributed by atoms with Gasteiger partial charge in [0.2, 0.25) is 5.69 Å². The Morgan fingerprint density at radius 3 is 2.20 bits per heavy atom. The molecular weight excluding hydrogens is 644 g/mol. The number of cyclic esters (lactones) is 1. The standard InChI is InChI=1S/C38H56N2O10/c1-23(2)26(17-25-13-14-30(46-12)31(18-25)47-22-27-20-28(45-11)15-16-40(27)44)19-29(39-35(43)50-37(8,9)10)32-21-38(24(3)4,33(41)48-32)34(42)49-36(5,6)7/h13-16,18,20,23-24,26,29,32H,17,19,21-22H2,1-12H3,(H,39,43)/t26-,29-,32-,38-/m0/s1. The Morgan fingerprint density at radius 2 is 1.64 bits per heavy atom. The number of esters is 2. The molecule has 0 radical (unpaired) electrons. The average molecular weight is 701 g/mol. The molecule has 1 saturated heterocycles. The topological polar surface area (TPSA) is 146 Å². The fourth-order valence-electron chi connectivity index (χ4n) is 5.99. The number of ether oxygens (including phenoxy) is 6. The summed E-state index contributed by atoms with van der Waals surface area (Å²) in [6, 6.07) is 8.15. The predicted octanol–water partition coefficient (Wildman–Crippen LogP) is 6.31. The Balaban J connectivity index is 1.92. The second kappa shape index (κ2) is 16.2. The van der Waals surface area contributed by atoms with Gasteiger partial charge in [-0.1, -0.05) is 33.8 Å². The maximum absolute atomic E-state index is 13.6. The van der Waals surface area contributed by atoms with Crippen molar-refractivity contribution in [2.75, 3.05) is 14.2 Å². The summed E-state index contributed by atoms with van der Waals surface area (Å²) in [5.74, 6) is -0.0835. The SMILES string of the molecule is COc1cc[n+]([O-])c(COc2cc(C[C@@H](C[C@H](NC(=O)OC(C)(C)C)[C@@H]3C[C@](C(=O)OC(C)(C)C)(C(C)C)C(=O)O3)C(C)C)ccc2OC)c1. The number of nitrogens with zero attached hydrogens (tertiary/aromatic N) is 1. The molecule has 0 bridgehead atoms. The second-order valence-corrected chi connectivity index (χ2v) is 15.6. The van der Waals surface area contributed by atoms with Gasteiger partial charge in [-0.2, -0.15) is 4.73 Å². The van der Waals surface area contributed by atoms with E-state index in [1.165, 1.54) is 13.3 Å². The van der Waals surface area contributed by atoms with Crippen LogP contribution in [-0.4, -0.2) is 55.6 Å². The van der Waals surface area contributed by atoms with E-state index in [2.05, 4.69) is 19.2 Å². The molecule has 1 aromatic carbocycles. The summed E-state index contributed by atoms with van der Waals surface area (Å²) in [5.41, 5.74) is -1.79. The van der Waals surface area contributed by atoms with Gasteiger partial charge in [0.05, 0.1) is 26.3 Å². The van der Waals surface area contributed by atoms with Crippen molar-refractivity contribution in [1.29, 1.82) is 0 Å². The lowest BCUT2D eigenvalue weighted by atomic mass is 9.73. The third-order valence-electron chi connectivity index (χ3n) is 8.85. The van der Waals surface area contributed by atoms with Gasteiger partial charge >= 0.3 is 18.0 Å². The smallest absolute Gasteiger partial charge is 0.408 e. The Bertz CT molecular complexity index is 1490. The van der Waals surface area contributed by atoms with Gasteiger partial charge in [0, 0.05) is 12.5 Å². The maximum Gasteiger partial charge on any atom is 0.408 e. The molecule has 1 fully saturated rings. The van der Waals surface area contributed by atoms with Crippen molar-refractivity contribution in [1.82, 2.24) is 5.32 Å². The Kier molecular flexibility index (Phi) is 13.0. The summed E-state index contributed by atoms with van der Waals surface area (Å²) in [4.78, 5) is 40.4. The minimum Gasteiger partial charge on any atom is -0.618 e. The van der Waals surface area contributed by atoms with Gasteiger partial charge in [-0.05, 0) is 89.8 Å². The lowest BCUT2D eigenvalue weighted by Crippen LogP contribution is -2.48. The molecular formula is C38H56N2O10. The molecule has 1 N–H and O–H groups in total. The number of carbonyl (C=O) groups excluding carboxylic acids is 3. The fourth-order valence-corrected chi connectivity index (χ4v) is 5.99. The van der Waals surface area contributed by atoms with E-state index in [-0.39, 0.29) is 24.9 Å². The molecule has 4 atom stereocenters. The number of methoxy groups -OCH3 is 2. The highest BCUT2D eigenvalue weighted by Gasteiger charge is 2.60. The van der Waals surface area contributed by atoms with Crippen LogP contribution >= 0.6 is 0 Å². The van der Waals surface area contributed by atoms with Gasteiger partial charge in [-0.25, -0.2) is 4.79 Å². The van der Waals surface area contributed by atoms with E-state index in [0.29, 0.717) is 35.8 Å². The number of pyridine rings is 1. The first-order valence-corrected chi connectivity index (χ1v) is 17.2. The van der Waals surface area contributed by atoms with Crippen molar-refractivity contribution < 1.29 is 47.5 Å². The number of carbonyl (C=O) groups is 3. The van der Waals surface area contributed by atoms with Crippen LogP contribution in [0.5, 0.6) is 17.2 Å². The van der Waals surface area contributed by atoms with Gasteiger partial charge in [0.25, 0.3) is 0 Å². The summed E-state index contributed by atoms with van der Waals surface area (Å²) in [7, 11) is 3.07. The zero-order valence-corrected chi connectivity index (χ0v) is 31.7. The van der Waals surface area contributed by atoms with Crippen LogP contribution in [0.3, 0.4) is 0 Å². The van der Waals surface area contributed by atoms with E-state index in [1.807, 2.05) is 18.2 Å². The second-order valence-electron chi connectivity index (χ2n) is 15.6. The van der Waals surface area contributed by atoms with Crippen molar-refractivity contribution in [3.05, 3.63) is 53.0 Å². The van der Waals surface area contributed by atoms with E-state index < -0.39 is 52.7 Å². The molecule has 0 aliphatic carbocycles. The van der Waals surface area contributed by atoms with Gasteiger partial charge in [-0.15, -0.1) is 0 Å². The molecule has 1 amide bonds. The molecule has 0 saturated carbocycles. The molecule has 0 unspecified atom stereocenters. The van der Waals surface area contributed by atoms with Crippen LogP contribution in [0.2, 0.25) is 0 Å². The highest BCUT2D eigenvalue weighted by atomic mass is 16.6. The number of nitrogens with one attached hydrogen (secondary N) is 1. The Labute approximate surface area is 296 Å². The quantitative estimate of drug-likeness (QED) is 0.0782. The summed E-state index contributed by atoms with van der Waals surface area (Å²) >= 11 is 0. The van der Waals surface area contributed by atoms with Gasteiger partial charge in [-0.3, -0.25) is 9.59 Å². The van der Waals surface area contributed by atoms with Gasteiger partial charge in [0.15, 0.2) is 29.7 Å². The summed E-state index contributed by atoms with van der Waals surface area (Å²) in [6.07, 6.45) is 0.956. The largest absolute Gasteiger partial charge is 0.618 e. The minimum absolute atomic E-state index is 0.0156. The van der Waals surface area contributed by atoms with Gasteiger partial charge < -0.3 is 38.9 Å². The summed E-state index contributed by atoms with van der Waals surface area (Å²) < 4.78 is 34.9. The number of hydrogen-bond donors (Lipinski definition) is 1. The Morgan fingerprint density at radius 1 is 0.980 bits per heavy atom. The number of alkyl carbamates (subject to hydrolysis) is 1. The zero-order chi connectivity index (χ0) is 37.6. The molecule has 1 aliphatic heterocycles. The lowest BCUT2D eigenvalue weighted by Gasteiger charge is -2.32. The molecule has 278 valence electrons. The Hall–Kier alpha value is -4.22. The molecule has 12 nitrogen and oxygen atoms in total. The molecule has 12 heteroatoms. The normalized spacial score (nSPS) is 19.1. The molecule has 0 spiro atoms.